The molecule has 0 unspecified atom stereocenters. The second kappa shape index (κ2) is 7.97. The largest absolute Gasteiger partial charge is 0.449 e. The van der Waals surface area contributed by atoms with Gasteiger partial charge in [-0.1, -0.05) is 31.2 Å². The number of nitrogens with one attached hydrogen (secondary N) is 2. The minimum Gasteiger partial charge on any atom is -0.449 e. The summed E-state index contributed by atoms with van der Waals surface area (Å²) in [6.45, 7) is 2.06. The Balaban J connectivity index is 1.66. The Kier molecular flexibility index (Phi) is 5.22. The lowest BCUT2D eigenvalue weighted by atomic mass is 10.1. The lowest BCUT2D eigenvalue weighted by molar-refractivity contribution is 0.0994. The van der Waals surface area contributed by atoms with Crippen LogP contribution in [0.1, 0.15) is 33.6 Å². The number of halogens is 1. The van der Waals surface area contributed by atoms with Gasteiger partial charge in [0.2, 0.25) is 5.76 Å². The van der Waals surface area contributed by atoms with E-state index in [-0.39, 0.29) is 11.5 Å². The molecule has 146 valence electrons. The fraction of sp³-hybridized carbons (Fsp3) is 0.0909. The topological polar surface area (TPSA) is 84.5 Å². The van der Waals surface area contributed by atoms with Crippen molar-refractivity contribution >= 4 is 50.1 Å². The molecule has 0 aliphatic carbocycles. The zero-order chi connectivity index (χ0) is 20.4. The summed E-state index contributed by atoms with van der Waals surface area (Å²) in [5, 5.41) is 6.18. The number of para-hydroxylation sites is 1. The summed E-state index contributed by atoms with van der Waals surface area (Å²) in [6.07, 6.45) is 0.914. The molecule has 0 aliphatic heterocycles. The van der Waals surface area contributed by atoms with Crippen molar-refractivity contribution in [1.82, 2.24) is 0 Å². The third-order valence-corrected chi connectivity index (χ3v) is 4.88. The first-order valence-electron chi connectivity index (χ1n) is 9.03. The van der Waals surface area contributed by atoms with Crippen molar-refractivity contribution in [2.24, 2.45) is 0 Å². The zero-order valence-electron chi connectivity index (χ0n) is 15.5. The van der Waals surface area contributed by atoms with Gasteiger partial charge in [0.05, 0.1) is 0 Å². The first-order chi connectivity index (χ1) is 14.0. The highest BCUT2D eigenvalue weighted by Crippen LogP contribution is 2.32. The summed E-state index contributed by atoms with van der Waals surface area (Å²) in [6, 6.07) is 17.8. The van der Waals surface area contributed by atoms with Crippen LogP contribution < -0.4 is 10.6 Å². The van der Waals surface area contributed by atoms with Crippen LogP contribution in [0.25, 0.3) is 11.0 Å². The van der Waals surface area contributed by atoms with Crippen molar-refractivity contribution in [2.75, 3.05) is 10.6 Å². The average Bonchev–Trinajstić information content (AvgIpc) is 3.33. The Hall–Kier alpha value is -3.32. The molecule has 0 saturated heterocycles. The van der Waals surface area contributed by atoms with Crippen LogP contribution in [-0.2, 0) is 6.42 Å². The molecule has 0 spiro atoms. The lowest BCUT2D eigenvalue weighted by Gasteiger charge is -2.07. The molecule has 7 heteroatoms. The van der Waals surface area contributed by atoms with Crippen molar-refractivity contribution in [2.45, 2.75) is 13.3 Å². The molecule has 0 bridgehead atoms. The number of benzene rings is 2. The number of fused-ring (bicyclic) bond motifs is 1. The smallest absolute Gasteiger partial charge is 0.293 e. The number of carbonyl (C=O) groups excluding carboxylic acids is 2. The molecule has 29 heavy (non-hydrogen) atoms. The quantitative estimate of drug-likeness (QED) is 0.397. The number of aryl methyl sites for hydroxylation is 1. The van der Waals surface area contributed by atoms with E-state index in [2.05, 4.69) is 33.5 Å². The van der Waals surface area contributed by atoms with Gasteiger partial charge in [-0.05, 0) is 64.3 Å². The van der Waals surface area contributed by atoms with E-state index in [1.54, 1.807) is 24.3 Å². The van der Waals surface area contributed by atoms with Crippen LogP contribution in [0, 0.1) is 0 Å². The minimum atomic E-state index is -0.483. The predicted octanol–water partition coefficient (Wildman–Crippen LogP) is 5.86. The Bertz CT molecular complexity index is 1190. The maximum Gasteiger partial charge on any atom is 0.293 e. The predicted molar refractivity (Wildman–Crippen MR) is 114 cm³/mol. The number of anilines is 2. The summed E-state index contributed by atoms with van der Waals surface area (Å²) < 4.78 is 11.5. The van der Waals surface area contributed by atoms with E-state index >= 15 is 0 Å². The molecule has 2 heterocycles. The number of carbonyl (C=O) groups is 2. The van der Waals surface area contributed by atoms with E-state index < -0.39 is 11.8 Å². The highest BCUT2D eigenvalue weighted by Gasteiger charge is 2.23. The van der Waals surface area contributed by atoms with Crippen LogP contribution in [0.4, 0.5) is 11.4 Å². The molecule has 0 atom stereocenters. The van der Waals surface area contributed by atoms with Crippen molar-refractivity contribution in [1.29, 1.82) is 0 Å². The molecule has 2 N–H and O–H groups in total. The van der Waals surface area contributed by atoms with Crippen molar-refractivity contribution < 1.29 is 18.4 Å². The monoisotopic (exact) mass is 452 g/mol. The minimum absolute atomic E-state index is 0.0183. The van der Waals surface area contributed by atoms with E-state index in [1.165, 1.54) is 11.6 Å². The first kappa shape index (κ1) is 19.0. The van der Waals surface area contributed by atoms with Gasteiger partial charge >= 0.3 is 0 Å². The molecule has 6 nitrogen and oxygen atoms in total. The van der Waals surface area contributed by atoms with Crippen molar-refractivity contribution in [3.05, 3.63) is 82.4 Å². The highest BCUT2D eigenvalue weighted by atomic mass is 79.9. The summed E-state index contributed by atoms with van der Waals surface area (Å²) in [4.78, 5) is 25.5. The van der Waals surface area contributed by atoms with E-state index in [0.717, 1.165) is 6.42 Å². The number of furan rings is 2. The van der Waals surface area contributed by atoms with E-state index in [9.17, 15) is 9.59 Å². The lowest BCUT2D eigenvalue weighted by Crippen LogP contribution is -2.16. The highest BCUT2D eigenvalue weighted by molar-refractivity contribution is 9.10. The molecule has 4 aromatic rings. The van der Waals surface area contributed by atoms with Gasteiger partial charge in [0.1, 0.15) is 11.3 Å². The average molecular weight is 453 g/mol. The molecule has 2 aromatic carbocycles. The van der Waals surface area contributed by atoms with Crippen LogP contribution in [0.15, 0.2) is 74.2 Å². The van der Waals surface area contributed by atoms with Crippen LogP contribution in [-0.4, -0.2) is 11.8 Å². The van der Waals surface area contributed by atoms with Crippen LogP contribution in [0.2, 0.25) is 0 Å². The summed E-state index contributed by atoms with van der Waals surface area (Å²) >= 11 is 3.17. The first-order valence-corrected chi connectivity index (χ1v) is 9.83. The van der Waals surface area contributed by atoms with Gasteiger partial charge in [0, 0.05) is 11.1 Å². The van der Waals surface area contributed by atoms with Gasteiger partial charge in [-0.3, -0.25) is 9.59 Å². The van der Waals surface area contributed by atoms with Gasteiger partial charge in [0.15, 0.2) is 10.4 Å². The normalized spacial score (nSPS) is 10.8. The number of amides is 2. The molecule has 0 aliphatic rings. The van der Waals surface area contributed by atoms with Crippen LogP contribution in [0.5, 0.6) is 0 Å². The standard InChI is InChI=1S/C22H17BrN2O4/c1-2-13-7-9-14(10-8-13)24-22(27)20-19(15-5-3-4-6-16(15)29-20)25-21(26)17-11-12-18(23)28-17/h3-12H,2H2,1H3,(H,24,27)(H,25,26). The SMILES string of the molecule is CCc1ccc(NC(=O)c2oc3ccccc3c2NC(=O)c2ccc(Br)o2)cc1. The van der Waals surface area contributed by atoms with Gasteiger partial charge < -0.3 is 19.5 Å². The van der Waals surface area contributed by atoms with Crippen LogP contribution in [0.3, 0.4) is 0 Å². The Morgan fingerprint density at radius 1 is 0.897 bits per heavy atom. The Morgan fingerprint density at radius 3 is 2.34 bits per heavy atom. The van der Waals surface area contributed by atoms with Crippen molar-refractivity contribution in [3.63, 3.8) is 0 Å². The number of rotatable bonds is 5. The molecule has 2 amide bonds. The second-order valence-electron chi connectivity index (χ2n) is 6.36. The summed E-state index contributed by atoms with van der Waals surface area (Å²) in [7, 11) is 0. The Morgan fingerprint density at radius 2 is 1.66 bits per heavy atom. The van der Waals surface area contributed by atoms with Gasteiger partial charge in [-0.15, -0.1) is 0 Å². The molecule has 4 rings (SSSR count). The van der Waals surface area contributed by atoms with E-state index in [1.807, 2.05) is 30.3 Å². The summed E-state index contributed by atoms with van der Waals surface area (Å²) in [5.41, 5.74) is 2.60. The fourth-order valence-electron chi connectivity index (χ4n) is 2.95. The van der Waals surface area contributed by atoms with E-state index in [4.69, 9.17) is 8.83 Å². The van der Waals surface area contributed by atoms with E-state index in [0.29, 0.717) is 27.0 Å². The van der Waals surface area contributed by atoms with Crippen LogP contribution >= 0.6 is 15.9 Å². The molecule has 0 radical (unpaired) electrons. The third-order valence-electron chi connectivity index (χ3n) is 4.46. The Labute approximate surface area is 175 Å². The second-order valence-corrected chi connectivity index (χ2v) is 7.15. The van der Waals surface area contributed by atoms with Gasteiger partial charge in [-0.25, -0.2) is 0 Å². The maximum absolute atomic E-state index is 12.9. The number of hydrogen-bond donors (Lipinski definition) is 2. The van der Waals surface area contributed by atoms with Gasteiger partial charge in [0.25, 0.3) is 11.8 Å². The zero-order valence-corrected chi connectivity index (χ0v) is 17.1. The number of hydrogen-bond acceptors (Lipinski definition) is 4. The maximum atomic E-state index is 12.9. The molecule has 2 aromatic heterocycles. The molecule has 0 saturated carbocycles. The van der Waals surface area contributed by atoms with Gasteiger partial charge in [-0.2, -0.15) is 0 Å². The third kappa shape index (κ3) is 3.95. The molecular formula is C22H17BrN2O4. The van der Waals surface area contributed by atoms with Crippen molar-refractivity contribution in [3.8, 4) is 0 Å². The molecule has 0 fully saturated rings. The molecular weight excluding hydrogens is 436 g/mol. The fourth-order valence-corrected chi connectivity index (χ4v) is 3.26. The summed E-state index contributed by atoms with van der Waals surface area (Å²) in [5.74, 6) is -0.807.